The summed E-state index contributed by atoms with van der Waals surface area (Å²) in [5.41, 5.74) is 1.03. The average molecular weight is 269 g/mol. The Kier molecular flexibility index (Phi) is 5.35. The molecule has 3 nitrogen and oxygen atoms in total. The van der Waals surface area contributed by atoms with Crippen LogP contribution in [0.5, 0.6) is 0 Å². The fraction of sp³-hybridized carbons (Fsp3) is 0.571. The van der Waals surface area contributed by atoms with Crippen molar-refractivity contribution in [2.24, 2.45) is 0 Å². The van der Waals surface area contributed by atoms with Gasteiger partial charge in [0, 0.05) is 12.6 Å². The smallest absolute Gasteiger partial charge is 0.212 e. The molecule has 4 heteroatoms. The van der Waals surface area contributed by atoms with E-state index in [1.54, 1.807) is 18.2 Å². The number of benzene rings is 1. The highest BCUT2D eigenvalue weighted by Crippen LogP contribution is 2.18. The first-order valence-electron chi connectivity index (χ1n) is 6.44. The second-order valence-electron chi connectivity index (χ2n) is 4.88. The largest absolute Gasteiger partial charge is 0.216 e. The lowest BCUT2D eigenvalue weighted by Gasteiger charge is -2.29. The molecule has 0 heterocycles. The van der Waals surface area contributed by atoms with Gasteiger partial charge in [-0.2, -0.15) is 4.31 Å². The van der Waals surface area contributed by atoms with Crippen molar-refractivity contribution in [3.8, 4) is 0 Å². The van der Waals surface area contributed by atoms with Crippen LogP contribution < -0.4 is 0 Å². The van der Waals surface area contributed by atoms with E-state index in [2.05, 4.69) is 0 Å². The molecule has 0 fully saturated rings. The summed E-state index contributed by atoms with van der Waals surface area (Å²) in [5, 5.41) is -0.379. The van der Waals surface area contributed by atoms with Crippen LogP contribution in [0, 0.1) is 0 Å². The van der Waals surface area contributed by atoms with E-state index in [0.717, 1.165) is 12.0 Å². The lowest BCUT2D eigenvalue weighted by atomic mass is 10.2. The summed E-state index contributed by atoms with van der Waals surface area (Å²) in [6, 6.07) is 9.76. The van der Waals surface area contributed by atoms with E-state index in [1.807, 2.05) is 44.2 Å². The normalized spacial score (nSPS) is 14.1. The molecule has 18 heavy (non-hydrogen) atoms. The topological polar surface area (TPSA) is 37.4 Å². The maximum Gasteiger partial charge on any atom is 0.216 e. The van der Waals surface area contributed by atoms with Crippen molar-refractivity contribution in [1.29, 1.82) is 0 Å². The van der Waals surface area contributed by atoms with Gasteiger partial charge in [-0.1, -0.05) is 37.3 Å². The molecule has 0 spiro atoms. The quantitative estimate of drug-likeness (QED) is 0.796. The fourth-order valence-corrected chi connectivity index (χ4v) is 3.26. The Morgan fingerprint density at radius 3 is 2.11 bits per heavy atom. The molecule has 1 unspecified atom stereocenters. The predicted molar refractivity (Wildman–Crippen MR) is 75.8 cm³/mol. The van der Waals surface area contributed by atoms with Gasteiger partial charge in [0.2, 0.25) is 10.0 Å². The van der Waals surface area contributed by atoms with E-state index in [1.165, 1.54) is 0 Å². The van der Waals surface area contributed by atoms with E-state index in [0.29, 0.717) is 6.54 Å². The summed E-state index contributed by atoms with van der Waals surface area (Å²) in [7, 11) is -3.22. The minimum Gasteiger partial charge on any atom is -0.212 e. The standard InChI is InChI=1S/C14H23NO2S/c1-5-13(4)15(18(16,17)12(2)3)11-14-9-7-6-8-10-14/h6-10,12-13H,5,11H2,1-4H3. The highest BCUT2D eigenvalue weighted by Gasteiger charge is 2.29. The van der Waals surface area contributed by atoms with Crippen LogP contribution in [0.4, 0.5) is 0 Å². The van der Waals surface area contributed by atoms with Crippen molar-refractivity contribution in [3.63, 3.8) is 0 Å². The molecule has 1 rings (SSSR count). The van der Waals surface area contributed by atoms with Crippen LogP contribution in [0.25, 0.3) is 0 Å². The van der Waals surface area contributed by atoms with Crippen LogP contribution >= 0.6 is 0 Å². The lowest BCUT2D eigenvalue weighted by molar-refractivity contribution is 0.320. The molecule has 0 radical (unpaired) electrons. The molecular weight excluding hydrogens is 246 g/mol. The highest BCUT2D eigenvalue weighted by atomic mass is 32.2. The molecule has 0 aliphatic heterocycles. The van der Waals surface area contributed by atoms with Gasteiger partial charge in [0.25, 0.3) is 0 Å². The van der Waals surface area contributed by atoms with E-state index >= 15 is 0 Å². The fourth-order valence-electron chi connectivity index (χ4n) is 1.73. The van der Waals surface area contributed by atoms with Crippen LogP contribution in [0.3, 0.4) is 0 Å². The maximum atomic E-state index is 12.4. The average Bonchev–Trinajstić information content (AvgIpc) is 2.36. The summed E-state index contributed by atoms with van der Waals surface area (Å²) >= 11 is 0. The Hall–Kier alpha value is -0.870. The van der Waals surface area contributed by atoms with Crippen molar-refractivity contribution in [2.75, 3.05) is 0 Å². The zero-order valence-electron chi connectivity index (χ0n) is 11.6. The minimum atomic E-state index is -3.22. The number of hydrogen-bond acceptors (Lipinski definition) is 2. The molecule has 0 aliphatic carbocycles. The second kappa shape index (κ2) is 6.34. The first-order valence-corrected chi connectivity index (χ1v) is 7.94. The number of nitrogens with zero attached hydrogens (tertiary/aromatic N) is 1. The van der Waals surface area contributed by atoms with Gasteiger partial charge < -0.3 is 0 Å². The maximum absolute atomic E-state index is 12.4. The molecule has 0 bridgehead atoms. The van der Waals surface area contributed by atoms with Crippen molar-refractivity contribution >= 4 is 10.0 Å². The lowest BCUT2D eigenvalue weighted by Crippen LogP contribution is -2.41. The minimum absolute atomic E-state index is 0.0256. The van der Waals surface area contributed by atoms with Gasteiger partial charge in [-0.15, -0.1) is 0 Å². The summed E-state index contributed by atoms with van der Waals surface area (Å²) in [5.74, 6) is 0. The molecule has 0 aromatic heterocycles. The Morgan fingerprint density at radius 2 is 1.67 bits per heavy atom. The van der Waals surface area contributed by atoms with Crippen molar-refractivity contribution < 1.29 is 8.42 Å². The molecule has 0 N–H and O–H groups in total. The predicted octanol–water partition coefficient (Wildman–Crippen LogP) is 3.03. The monoisotopic (exact) mass is 269 g/mol. The number of sulfonamides is 1. The van der Waals surface area contributed by atoms with Crippen LogP contribution in [0.15, 0.2) is 30.3 Å². The molecule has 1 atom stereocenters. The third-order valence-corrected chi connectivity index (χ3v) is 5.52. The van der Waals surface area contributed by atoms with E-state index in [9.17, 15) is 8.42 Å². The Balaban J connectivity index is 3.01. The van der Waals surface area contributed by atoms with Gasteiger partial charge in [0.1, 0.15) is 0 Å². The van der Waals surface area contributed by atoms with Gasteiger partial charge >= 0.3 is 0 Å². The van der Waals surface area contributed by atoms with Gasteiger partial charge in [-0.3, -0.25) is 0 Å². The first-order chi connectivity index (χ1) is 8.39. The van der Waals surface area contributed by atoms with Crippen LogP contribution in [-0.2, 0) is 16.6 Å². The molecule has 1 aromatic rings. The van der Waals surface area contributed by atoms with Crippen LogP contribution in [0.2, 0.25) is 0 Å². The van der Waals surface area contributed by atoms with Gasteiger partial charge in [0.05, 0.1) is 5.25 Å². The van der Waals surface area contributed by atoms with Crippen molar-refractivity contribution in [2.45, 2.75) is 52.0 Å². The number of rotatable bonds is 6. The molecule has 0 saturated carbocycles. The van der Waals surface area contributed by atoms with Crippen molar-refractivity contribution in [3.05, 3.63) is 35.9 Å². The summed E-state index contributed by atoms with van der Waals surface area (Å²) in [4.78, 5) is 0. The number of hydrogen-bond donors (Lipinski definition) is 0. The molecule has 0 aliphatic rings. The Labute approximate surface area is 111 Å². The zero-order chi connectivity index (χ0) is 13.8. The van der Waals surface area contributed by atoms with Crippen LogP contribution in [-0.4, -0.2) is 24.0 Å². The van der Waals surface area contributed by atoms with Gasteiger partial charge in [0.15, 0.2) is 0 Å². The SMILES string of the molecule is CCC(C)N(Cc1ccccc1)S(=O)(=O)C(C)C. The molecular formula is C14H23NO2S. The molecule has 102 valence electrons. The molecule has 0 amide bonds. The van der Waals surface area contributed by atoms with E-state index in [-0.39, 0.29) is 11.3 Å². The highest BCUT2D eigenvalue weighted by molar-refractivity contribution is 7.89. The zero-order valence-corrected chi connectivity index (χ0v) is 12.4. The molecule has 0 saturated heterocycles. The van der Waals surface area contributed by atoms with Gasteiger partial charge in [-0.25, -0.2) is 8.42 Å². The third-order valence-electron chi connectivity index (χ3n) is 3.19. The van der Waals surface area contributed by atoms with Gasteiger partial charge in [-0.05, 0) is 32.8 Å². The first kappa shape index (κ1) is 15.2. The van der Waals surface area contributed by atoms with E-state index in [4.69, 9.17) is 0 Å². The summed E-state index contributed by atoms with van der Waals surface area (Å²) < 4.78 is 26.3. The Bertz CT molecular complexity index is 454. The Morgan fingerprint density at radius 1 is 1.11 bits per heavy atom. The second-order valence-corrected chi connectivity index (χ2v) is 7.32. The van der Waals surface area contributed by atoms with Crippen LogP contribution in [0.1, 0.15) is 39.7 Å². The summed E-state index contributed by atoms with van der Waals surface area (Å²) in [6.45, 7) is 7.89. The van der Waals surface area contributed by atoms with Crippen molar-refractivity contribution in [1.82, 2.24) is 4.31 Å². The third kappa shape index (κ3) is 3.56. The summed E-state index contributed by atoms with van der Waals surface area (Å²) in [6.07, 6.45) is 0.818. The molecule has 1 aromatic carbocycles. The van der Waals surface area contributed by atoms with E-state index < -0.39 is 10.0 Å².